The molecule has 0 bridgehead atoms. The van der Waals surface area contributed by atoms with Crippen molar-refractivity contribution in [1.29, 1.82) is 0 Å². The molecule has 0 amide bonds. The molecule has 0 aliphatic carbocycles. The Morgan fingerprint density at radius 1 is 0.765 bits per heavy atom. The molecule has 0 saturated heterocycles. The summed E-state index contributed by atoms with van der Waals surface area (Å²) in [5.41, 5.74) is 2.07. The summed E-state index contributed by atoms with van der Waals surface area (Å²) < 4.78 is 0. The zero-order valence-corrected chi connectivity index (χ0v) is 11.9. The van der Waals surface area contributed by atoms with Gasteiger partial charge in [-0.1, -0.05) is 53.0 Å². The summed E-state index contributed by atoms with van der Waals surface area (Å²) in [5, 5.41) is 1.76. The Labute approximate surface area is 121 Å². The molecular formula is C13H9Cl3S. The van der Waals surface area contributed by atoms with Crippen molar-refractivity contribution in [2.75, 3.05) is 0 Å². The molecule has 2 rings (SSSR count). The molecule has 0 aromatic heterocycles. The van der Waals surface area contributed by atoms with E-state index in [1.54, 1.807) is 6.07 Å². The fraction of sp³-hybridized carbons (Fsp3) is 0.0769. The third-order valence-corrected chi connectivity index (χ3v) is 4.03. The van der Waals surface area contributed by atoms with E-state index in [1.165, 1.54) is 0 Å². The van der Waals surface area contributed by atoms with Crippen molar-refractivity contribution in [1.82, 2.24) is 0 Å². The lowest BCUT2D eigenvalue weighted by molar-refractivity contribution is 1.17. The predicted octanol–water partition coefficient (Wildman–Crippen LogP) is 5.67. The number of halogens is 3. The van der Waals surface area contributed by atoms with E-state index in [0.29, 0.717) is 15.1 Å². The molecule has 0 N–H and O–H groups in total. The van der Waals surface area contributed by atoms with Crippen LogP contribution in [0, 0.1) is 0 Å². The highest BCUT2D eigenvalue weighted by Gasteiger charge is 2.10. The third kappa shape index (κ3) is 3.11. The molecule has 0 aliphatic heterocycles. The summed E-state index contributed by atoms with van der Waals surface area (Å²) in [4.78, 5) is 0. The SMILES string of the molecule is SC(c1ccc(Cl)cc1)c1ccc(Cl)c(Cl)c1. The Hall–Kier alpha value is -0.340. The molecule has 0 aliphatic rings. The first kappa shape index (κ1) is 13.1. The fourth-order valence-electron chi connectivity index (χ4n) is 1.52. The summed E-state index contributed by atoms with van der Waals surface area (Å²) in [6.07, 6.45) is 0. The van der Waals surface area contributed by atoms with Gasteiger partial charge in [0.25, 0.3) is 0 Å². The van der Waals surface area contributed by atoms with Crippen LogP contribution in [0.4, 0.5) is 0 Å². The molecule has 0 radical (unpaired) electrons. The number of thiol groups is 1. The Balaban J connectivity index is 2.33. The molecule has 2 aromatic rings. The molecular weight excluding hydrogens is 295 g/mol. The lowest BCUT2D eigenvalue weighted by Crippen LogP contribution is -1.93. The standard InChI is InChI=1S/C13H9Cl3S/c14-10-4-1-8(2-5-10)13(17)9-3-6-11(15)12(16)7-9/h1-7,13,17H. The summed E-state index contributed by atoms with van der Waals surface area (Å²) >= 11 is 22.3. The van der Waals surface area contributed by atoms with Gasteiger partial charge < -0.3 is 0 Å². The van der Waals surface area contributed by atoms with Crippen LogP contribution < -0.4 is 0 Å². The van der Waals surface area contributed by atoms with E-state index in [1.807, 2.05) is 36.4 Å². The van der Waals surface area contributed by atoms with E-state index in [9.17, 15) is 0 Å². The van der Waals surface area contributed by atoms with Crippen molar-refractivity contribution in [2.24, 2.45) is 0 Å². The van der Waals surface area contributed by atoms with Gasteiger partial charge in [0.05, 0.1) is 15.3 Å². The normalized spacial score (nSPS) is 12.5. The van der Waals surface area contributed by atoms with E-state index < -0.39 is 0 Å². The van der Waals surface area contributed by atoms with Crippen LogP contribution in [0.3, 0.4) is 0 Å². The molecule has 17 heavy (non-hydrogen) atoms. The van der Waals surface area contributed by atoms with Gasteiger partial charge in [-0.25, -0.2) is 0 Å². The first-order chi connectivity index (χ1) is 8.08. The third-order valence-electron chi connectivity index (χ3n) is 2.45. The molecule has 0 spiro atoms. The van der Waals surface area contributed by atoms with Gasteiger partial charge in [-0.2, -0.15) is 12.6 Å². The van der Waals surface area contributed by atoms with Crippen LogP contribution in [-0.4, -0.2) is 0 Å². The largest absolute Gasteiger partial charge is 0.166 e. The zero-order valence-electron chi connectivity index (χ0n) is 8.70. The van der Waals surface area contributed by atoms with Crippen LogP contribution in [0.25, 0.3) is 0 Å². The number of hydrogen-bond acceptors (Lipinski definition) is 1. The molecule has 0 fully saturated rings. The summed E-state index contributed by atoms with van der Waals surface area (Å²) in [5.74, 6) is 0. The fourth-order valence-corrected chi connectivity index (χ4v) is 2.29. The lowest BCUT2D eigenvalue weighted by Gasteiger charge is -2.12. The summed E-state index contributed by atoms with van der Waals surface area (Å²) in [7, 11) is 0. The second kappa shape index (κ2) is 5.53. The minimum atomic E-state index is -0.0398. The summed E-state index contributed by atoms with van der Waals surface area (Å²) in [6, 6.07) is 13.1. The van der Waals surface area contributed by atoms with Gasteiger partial charge in [-0.05, 0) is 35.4 Å². The Morgan fingerprint density at radius 2 is 1.35 bits per heavy atom. The summed E-state index contributed by atoms with van der Waals surface area (Å²) in [6.45, 7) is 0. The van der Waals surface area contributed by atoms with Gasteiger partial charge in [0, 0.05) is 5.02 Å². The van der Waals surface area contributed by atoms with E-state index in [2.05, 4.69) is 12.6 Å². The van der Waals surface area contributed by atoms with Gasteiger partial charge in [0.15, 0.2) is 0 Å². The van der Waals surface area contributed by atoms with Gasteiger partial charge in [-0.3, -0.25) is 0 Å². The van der Waals surface area contributed by atoms with Crippen molar-refractivity contribution in [3.8, 4) is 0 Å². The van der Waals surface area contributed by atoms with Crippen LogP contribution in [0.15, 0.2) is 42.5 Å². The van der Waals surface area contributed by atoms with Crippen molar-refractivity contribution < 1.29 is 0 Å². The van der Waals surface area contributed by atoms with Gasteiger partial charge in [0.2, 0.25) is 0 Å². The van der Waals surface area contributed by atoms with Crippen molar-refractivity contribution in [3.05, 3.63) is 68.7 Å². The van der Waals surface area contributed by atoms with Gasteiger partial charge >= 0.3 is 0 Å². The molecule has 1 atom stereocenters. The predicted molar refractivity (Wildman–Crippen MR) is 78.7 cm³/mol. The van der Waals surface area contributed by atoms with Crippen molar-refractivity contribution >= 4 is 47.4 Å². The highest BCUT2D eigenvalue weighted by atomic mass is 35.5. The smallest absolute Gasteiger partial charge is 0.0595 e. The lowest BCUT2D eigenvalue weighted by atomic mass is 10.0. The van der Waals surface area contributed by atoms with Crippen LogP contribution in [0.5, 0.6) is 0 Å². The molecule has 88 valence electrons. The number of hydrogen-bond donors (Lipinski definition) is 1. The van der Waals surface area contributed by atoms with Gasteiger partial charge in [-0.15, -0.1) is 0 Å². The highest BCUT2D eigenvalue weighted by Crippen LogP contribution is 2.32. The van der Waals surface area contributed by atoms with E-state index in [-0.39, 0.29) is 5.25 Å². The topological polar surface area (TPSA) is 0 Å². The van der Waals surface area contributed by atoms with Crippen LogP contribution >= 0.6 is 47.4 Å². The number of rotatable bonds is 2. The minimum absolute atomic E-state index is 0.0398. The average Bonchev–Trinajstić information content (AvgIpc) is 2.33. The van der Waals surface area contributed by atoms with Gasteiger partial charge in [0.1, 0.15) is 0 Å². The van der Waals surface area contributed by atoms with Crippen LogP contribution in [0.2, 0.25) is 15.1 Å². The maximum atomic E-state index is 5.98. The van der Waals surface area contributed by atoms with Crippen molar-refractivity contribution in [2.45, 2.75) is 5.25 Å². The monoisotopic (exact) mass is 302 g/mol. The zero-order chi connectivity index (χ0) is 12.4. The second-order valence-electron chi connectivity index (χ2n) is 3.63. The Morgan fingerprint density at radius 3 is 1.94 bits per heavy atom. The second-order valence-corrected chi connectivity index (χ2v) is 5.39. The van der Waals surface area contributed by atoms with Crippen molar-refractivity contribution in [3.63, 3.8) is 0 Å². The number of benzene rings is 2. The minimum Gasteiger partial charge on any atom is -0.166 e. The van der Waals surface area contributed by atoms with E-state index in [0.717, 1.165) is 11.1 Å². The molecule has 2 aromatic carbocycles. The van der Waals surface area contributed by atoms with Crippen LogP contribution in [-0.2, 0) is 0 Å². The quantitative estimate of drug-likeness (QED) is 0.679. The highest BCUT2D eigenvalue weighted by molar-refractivity contribution is 7.80. The Bertz CT molecular complexity index is 523. The van der Waals surface area contributed by atoms with E-state index >= 15 is 0 Å². The average molecular weight is 304 g/mol. The maximum absolute atomic E-state index is 5.98. The van der Waals surface area contributed by atoms with Crippen LogP contribution in [0.1, 0.15) is 16.4 Å². The molecule has 0 heterocycles. The first-order valence-electron chi connectivity index (χ1n) is 4.96. The first-order valence-corrected chi connectivity index (χ1v) is 6.61. The molecule has 1 unspecified atom stereocenters. The molecule has 4 heteroatoms. The Kier molecular flexibility index (Phi) is 4.26. The molecule has 0 nitrogen and oxygen atoms in total. The van der Waals surface area contributed by atoms with E-state index in [4.69, 9.17) is 34.8 Å². The maximum Gasteiger partial charge on any atom is 0.0595 e. The molecule has 0 saturated carbocycles.